The zero-order valence-corrected chi connectivity index (χ0v) is 18.6. The third-order valence-corrected chi connectivity index (χ3v) is 5.23. The standard InChI is InChI=1S/C22H22F3IN4/c1-2-3-4-7-15-8-5-6-9-19(15)29-20-18(22(23,24)25)14-27-21(30-20)28-17-12-10-16(26)11-13-17/h5-6,8-14H,2-4,7H2,1H3,(H2,27,28,29,30). The van der Waals surface area contributed by atoms with E-state index in [9.17, 15) is 13.2 Å². The van der Waals surface area contributed by atoms with Gasteiger partial charge in [0.25, 0.3) is 0 Å². The summed E-state index contributed by atoms with van der Waals surface area (Å²) in [5.41, 5.74) is 1.38. The molecule has 2 N–H and O–H groups in total. The molecule has 2 aromatic carbocycles. The van der Waals surface area contributed by atoms with E-state index in [2.05, 4.69) is 50.1 Å². The fraction of sp³-hybridized carbons (Fsp3) is 0.273. The summed E-state index contributed by atoms with van der Waals surface area (Å²) in [4.78, 5) is 8.00. The monoisotopic (exact) mass is 526 g/mol. The van der Waals surface area contributed by atoms with Gasteiger partial charge in [-0.3, -0.25) is 0 Å². The highest BCUT2D eigenvalue weighted by Crippen LogP contribution is 2.36. The summed E-state index contributed by atoms with van der Waals surface area (Å²) in [7, 11) is 0. The number of unbranched alkanes of at least 4 members (excludes halogenated alkanes) is 2. The van der Waals surface area contributed by atoms with Crippen molar-refractivity contribution in [3.05, 3.63) is 69.4 Å². The fourth-order valence-electron chi connectivity index (χ4n) is 2.96. The van der Waals surface area contributed by atoms with Crippen molar-refractivity contribution in [1.29, 1.82) is 0 Å². The number of aryl methyl sites for hydroxylation is 1. The topological polar surface area (TPSA) is 49.8 Å². The molecule has 0 aliphatic carbocycles. The maximum atomic E-state index is 13.6. The molecule has 0 aliphatic heterocycles. The molecule has 0 fully saturated rings. The molecule has 1 aromatic heterocycles. The largest absolute Gasteiger partial charge is 0.421 e. The Balaban J connectivity index is 1.91. The number of aromatic nitrogens is 2. The Morgan fingerprint density at radius 1 is 0.967 bits per heavy atom. The van der Waals surface area contributed by atoms with Gasteiger partial charge in [-0.1, -0.05) is 38.0 Å². The Hall–Kier alpha value is -2.36. The summed E-state index contributed by atoms with van der Waals surface area (Å²) in [5, 5.41) is 5.86. The summed E-state index contributed by atoms with van der Waals surface area (Å²) in [6.07, 6.45) is 0.153. The van der Waals surface area contributed by atoms with E-state index < -0.39 is 11.7 Å². The lowest BCUT2D eigenvalue weighted by molar-refractivity contribution is -0.137. The first-order valence-electron chi connectivity index (χ1n) is 9.68. The predicted octanol–water partition coefficient (Wildman–Crippen LogP) is 7.32. The summed E-state index contributed by atoms with van der Waals surface area (Å²) >= 11 is 2.18. The van der Waals surface area contributed by atoms with E-state index in [4.69, 9.17) is 0 Å². The first-order valence-corrected chi connectivity index (χ1v) is 10.8. The molecule has 158 valence electrons. The predicted molar refractivity (Wildman–Crippen MR) is 122 cm³/mol. The van der Waals surface area contributed by atoms with Crippen LogP contribution in [0.2, 0.25) is 0 Å². The SMILES string of the molecule is CCCCCc1ccccc1Nc1nc(Nc2ccc(I)cc2)ncc1C(F)(F)F. The lowest BCUT2D eigenvalue weighted by atomic mass is 10.1. The number of hydrogen-bond donors (Lipinski definition) is 2. The third kappa shape index (κ3) is 6.07. The number of rotatable bonds is 8. The summed E-state index contributed by atoms with van der Waals surface area (Å²) in [5.74, 6) is -0.177. The molecule has 0 saturated heterocycles. The van der Waals surface area contributed by atoms with E-state index in [0.717, 1.165) is 41.0 Å². The molecule has 0 aliphatic rings. The van der Waals surface area contributed by atoms with Gasteiger partial charge in [0.2, 0.25) is 5.95 Å². The van der Waals surface area contributed by atoms with Gasteiger partial charge in [0.1, 0.15) is 11.4 Å². The number of hydrogen-bond acceptors (Lipinski definition) is 4. The average Bonchev–Trinajstić information content (AvgIpc) is 2.70. The van der Waals surface area contributed by atoms with Gasteiger partial charge < -0.3 is 10.6 Å². The van der Waals surface area contributed by atoms with Gasteiger partial charge in [-0.15, -0.1) is 0 Å². The minimum absolute atomic E-state index is 0.0928. The van der Waals surface area contributed by atoms with Crippen molar-refractivity contribution < 1.29 is 13.2 Å². The Morgan fingerprint density at radius 3 is 2.40 bits per heavy atom. The number of para-hydroxylation sites is 1. The highest BCUT2D eigenvalue weighted by atomic mass is 127. The molecule has 3 aromatic rings. The first-order chi connectivity index (χ1) is 14.4. The van der Waals surface area contributed by atoms with Crippen LogP contribution in [-0.2, 0) is 12.6 Å². The van der Waals surface area contributed by atoms with E-state index >= 15 is 0 Å². The van der Waals surface area contributed by atoms with Gasteiger partial charge >= 0.3 is 6.18 Å². The molecule has 0 radical (unpaired) electrons. The van der Waals surface area contributed by atoms with Crippen LogP contribution in [0.3, 0.4) is 0 Å². The molecule has 3 rings (SSSR count). The van der Waals surface area contributed by atoms with E-state index in [-0.39, 0.29) is 11.8 Å². The summed E-state index contributed by atoms with van der Waals surface area (Å²) < 4.78 is 41.7. The number of anilines is 4. The molecule has 0 saturated carbocycles. The van der Waals surface area contributed by atoms with Crippen molar-refractivity contribution in [3.8, 4) is 0 Å². The normalized spacial score (nSPS) is 11.4. The minimum atomic E-state index is -4.57. The second kappa shape index (κ2) is 10.1. The third-order valence-electron chi connectivity index (χ3n) is 4.51. The van der Waals surface area contributed by atoms with Crippen LogP contribution >= 0.6 is 22.6 Å². The Kier molecular flexibility index (Phi) is 7.52. The van der Waals surface area contributed by atoms with E-state index in [0.29, 0.717) is 11.4 Å². The molecule has 0 unspecified atom stereocenters. The van der Waals surface area contributed by atoms with Crippen molar-refractivity contribution in [1.82, 2.24) is 9.97 Å². The summed E-state index contributed by atoms with van der Waals surface area (Å²) in [6.45, 7) is 2.11. The van der Waals surface area contributed by atoms with Crippen LogP contribution in [0.4, 0.5) is 36.3 Å². The highest BCUT2D eigenvalue weighted by molar-refractivity contribution is 14.1. The Bertz CT molecular complexity index is 975. The van der Waals surface area contributed by atoms with Crippen LogP contribution in [-0.4, -0.2) is 9.97 Å². The molecule has 1 heterocycles. The van der Waals surface area contributed by atoms with Gasteiger partial charge in [0, 0.05) is 21.1 Å². The van der Waals surface area contributed by atoms with Crippen molar-refractivity contribution in [3.63, 3.8) is 0 Å². The number of benzene rings is 2. The molecule has 30 heavy (non-hydrogen) atoms. The molecule has 0 bridgehead atoms. The van der Waals surface area contributed by atoms with Crippen molar-refractivity contribution in [2.75, 3.05) is 10.6 Å². The lowest BCUT2D eigenvalue weighted by Gasteiger charge is -2.17. The fourth-order valence-corrected chi connectivity index (χ4v) is 3.32. The second-order valence-electron chi connectivity index (χ2n) is 6.82. The Labute approximate surface area is 187 Å². The maximum Gasteiger partial charge on any atom is 0.421 e. The first kappa shape index (κ1) is 22.3. The quantitative estimate of drug-likeness (QED) is 0.239. The smallest absolute Gasteiger partial charge is 0.339 e. The van der Waals surface area contributed by atoms with E-state index in [1.165, 1.54) is 0 Å². The van der Waals surface area contributed by atoms with Crippen LogP contribution in [0, 0.1) is 3.57 Å². The molecular formula is C22H22F3IN4. The molecule has 0 spiro atoms. The van der Waals surface area contributed by atoms with E-state index in [1.54, 1.807) is 12.1 Å². The van der Waals surface area contributed by atoms with E-state index in [1.807, 2.05) is 36.4 Å². The average molecular weight is 526 g/mol. The molecule has 8 heteroatoms. The lowest BCUT2D eigenvalue weighted by Crippen LogP contribution is -2.13. The maximum absolute atomic E-state index is 13.6. The number of alkyl halides is 3. The molecule has 0 amide bonds. The van der Waals surface area contributed by atoms with Crippen LogP contribution in [0.25, 0.3) is 0 Å². The van der Waals surface area contributed by atoms with Gasteiger partial charge in [-0.25, -0.2) is 4.98 Å². The van der Waals surface area contributed by atoms with Crippen LogP contribution in [0.1, 0.15) is 37.3 Å². The second-order valence-corrected chi connectivity index (χ2v) is 8.07. The zero-order chi connectivity index (χ0) is 21.6. The van der Waals surface area contributed by atoms with Gasteiger partial charge in [-0.2, -0.15) is 18.2 Å². The van der Waals surface area contributed by atoms with Crippen molar-refractivity contribution in [2.24, 2.45) is 0 Å². The summed E-state index contributed by atoms with van der Waals surface area (Å²) in [6, 6.07) is 14.8. The molecule has 4 nitrogen and oxygen atoms in total. The Morgan fingerprint density at radius 2 is 1.70 bits per heavy atom. The van der Waals surface area contributed by atoms with Gasteiger partial charge in [0.05, 0.1) is 0 Å². The number of nitrogens with one attached hydrogen (secondary N) is 2. The highest BCUT2D eigenvalue weighted by Gasteiger charge is 2.35. The van der Waals surface area contributed by atoms with Crippen LogP contribution in [0.15, 0.2) is 54.7 Å². The van der Waals surface area contributed by atoms with Gasteiger partial charge in [-0.05, 0) is 71.3 Å². The van der Waals surface area contributed by atoms with Crippen LogP contribution in [0.5, 0.6) is 0 Å². The van der Waals surface area contributed by atoms with Crippen molar-refractivity contribution in [2.45, 2.75) is 38.8 Å². The number of nitrogens with zero attached hydrogens (tertiary/aromatic N) is 2. The minimum Gasteiger partial charge on any atom is -0.339 e. The van der Waals surface area contributed by atoms with Gasteiger partial charge in [0.15, 0.2) is 0 Å². The molecular weight excluding hydrogens is 504 g/mol. The molecule has 0 atom stereocenters. The zero-order valence-electron chi connectivity index (χ0n) is 16.4. The van der Waals surface area contributed by atoms with Crippen LogP contribution < -0.4 is 10.6 Å². The van der Waals surface area contributed by atoms with Crippen molar-refractivity contribution >= 4 is 45.7 Å². The number of halogens is 4.